The summed E-state index contributed by atoms with van der Waals surface area (Å²) in [6.45, 7) is 2.72. The monoisotopic (exact) mass is 276 g/mol. The lowest BCUT2D eigenvalue weighted by atomic mass is 10.1. The molecule has 1 aromatic carbocycles. The molecule has 0 aliphatic heterocycles. The lowest BCUT2D eigenvalue weighted by Gasteiger charge is -2.18. The van der Waals surface area contributed by atoms with Crippen molar-refractivity contribution in [2.75, 3.05) is 20.6 Å². The third kappa shape index (κ3) is 5.67. The van der Waals surface area contributed by atoms with Crippen molar-refractivity contribution in [3.8, 4) is 0 Å². The largest absolute Gasteiger partial charge is 0.478 e. The Labute approximate surface area is 118 Å². The molecule has 2 N–H and O–H groups in total. The van der Waals surface area contributed by atoms with E-state index in [1.165, 1.54) is 6.08 Å². The van der Waals surface area contributed by atoms with Gasteiger partial charge in [0.25, 0.3) is 5.91 Å². The van der Waals surface area contributed by atoms with Gasteiger partial charge in [0.05, 0.1) is 0 Å². The highest BCUT2D eigenvalue weighted by Gasteiger charge is 2.09. The van der Waals surface area contributed by atoms with Crippen molar-refractivity contribution in [2.24, 2.45) is 0 Å². The van der Waals surface area contributed by atoms with E-state index in [2.05, 4.69) is 5.32 Å². The van der Waals surface area contributed by atoms with Gasteiger partial charge in [0.15, 0.2) is 0 Å². The molecule has 1 aromatic rings. The van der Waals surface area contributed by atoms with Gasteiger partial charge in [0, 0.05) is 24.2 Å². The Morgan fingerprint density at radius 3 is 2.40 bits per heavy atom. The van der Waals surface area contributed by atoms with Crippen LogP contribution in [0.1, 0.15) is 22.8 Å². The molecule has 5 nitrogen and oxygen atoms in total. The number of nitrogens with one attached hydrogen (secondary N) is 1. The van der Waals surface area contributed by atoms with E-state index in [9.17, 15) is 9.59 Å². The molecule has 0 spiro atoms. The minimum absolute atomic E-state index is 0.0593. The number of rotatable bonds is 6. The van der Waals surface area contributed by atoms with Crippen LogP contribution in [0.15, 0.2) is 30.3 Å². The molecule has 5 heteroatoms. The number of carbonyl (C=O) groups is 2. The van der Waals surface area contributed by atoms with Gasteiger partial charge >= 0.3 is 5.97 Å². The lowest BCUT2D eigenvalue weighted by Crippen LogP contribution is -2.39. The summed E-state index contributed by atoms with van der Waals surface area (Å²) in [4.78, 5) is 24.4. The molecule has 0 saturated heterocycles. The van der Waals surface area contributed by atoms with Crippen LogP contribution in [0, 0.1) is 0 Å². The van der Waals surface area contributed by atoms with Crippen LogP contribution in [0.3, 0.4) is 0 Å². The van der Waals surface area contributed by atoms with Crippen LogP contribution in [0.5, 0.6) is 0 Å². The predicted molar refractivity (Wildman–Crippen MR) is 78.6 cm³/mol. The first-order valence-electron chi connectivity index (χ1n) is 6.35. The van der Waals surface area contributed by atoms with Gasteiger partial charge in [-0.05, 0) is 44.8 Å². The highest BCUT2D eigenvalue weighted by atomic mass is 16.4. The molecule has 0 radical (unpaired) electrons. The van der Waals surface area contributed by atoms with Crippen molar-refractivity contribution < 1.29 is 14.7 Å². The van der Waals surface area contributed by atoms with Gasteiger partial charge < -0.3 is 15.3 Å². The molecule has 20 heavy (non-hydrogen) atoms. The second kappa shape index (κ2) is 7.45. The normalized spacial score (nSPS) is 12.6. The van der Waals surface area contributed by atoms with Gasteiger partial charge in [-0.1, -0.05) is 12.1 Å². The lowest BCUT2D eigenvalue weighted by molar-refractivity contribution is -0.131. The zero-order valence-electron chi connectivity index (χ0n) is 12.0. The molecular weight excluding hydrogens is 256 g/mol. The van der Waals surface area contributed by atoms with Crippen molar-refractivity contribution in [3.63, 3.8) is 0 Å². The first-order chi connectivity index (χ1) is 9.38. The SMILES string of the molecule is CC(CN(C)C)NC(=O)c1ccc(/C=C/C(=O)O)cc1. The fourth-order valence-electron chi connectivity index (χ4n) is 1.81. The van der Waals surface area contributed by atoms with E-state index in [4.69, 9.17) is 5.11 Å². The van der Waals surface area contributed by atoms with Crippen molar-refractivity contribution in [1.82, 2.24) is 10.2 Å². The van der Waals surface area contributed by atoms with E-state index < -0.39 is 5.97 Å². The standard InChI is InChI=1S/C15H20N2O3/c1-11(10-17(2)3)16-15(20)13-7-4-12(5-8-13)6-9-14(18)19/h4-9,11H,10H2,1-3H3,(H,16,20)(H,18,19)/b9-6+. The smallest absolute Gasteiger partial charge is 0.328 e. The number of carboxylic acid groups (broad SMARTS) is 1. The maximum absolute atomic E-state index is 12.0. The number of hydrogen-bond acceptors (Lipinski definition) is 3. The number of carboxylic acids is 1. The molecule has 0 aliphatic rings. The van der Waals surface area contributed by atoms with E-state index >= 15 is 0 Å². The van der Waals surface area contributed by atoms with Crippen LogP contribution in [0.4, 0.5) is 0 Å². The summed E-state index contributed by atoms with van der Waals surface area (Å²) in [7, 11) is 3.90. The number of carbonyl (C=O) groups excluding carboxylic acids is 1. The minimum Gasteiger partial charge on any atom is -0.478 e. The van der Waals surface area contributed by atoms with Gasteiger partial charge in [-0.3, -0.25) is 4.79 Å². The second-order valence-electron chi connectivity index (χ2n) is 4.93. The fourth-order valence-corrected chi connectivity index (χ4v) is 1.81. The van der Waals surface area contributed by atoms with Gasteiger partial charge in [-0.15, -0.1) is 0 Å². The average Bonchev–Trinajstić information content (AvgIpc) is 2.35. The number of benzene rings is 1. The highest BCUT2D eigenvalue weighted by Crippen LogP contribution is 2.06. The van der Waals surface area contributed by atoms with Crippen molar-refractivity contribution in [3.05, 3.63) is 41.5 Å². The van der Waals surface area contributed by atoms with E-state index in [1.807, 2.05) is 25.9 Å². The fraction of sp³-hybridized carbons (Fsp3) is 0.333. The molecule has 1 unspecified atom stereocenters. The molecule has 0 aliphatic carbocycles. The predicted octanol–water partition coefficient (Wildman–Crippen LogP) is 1.46. The quantitative estimate of drug-likeness (QED) is 0.772. The number of amides is 1. The molecule has 0 bridgehead atoms. The van der Waals surface area contributed by atoms with Gasteiger partial charge in [0.2, 0.25) is 0 Å². The molecule has 108 valence electrons. The Kier molecular flexibility index (Phi) is 5.93. The Bertz CT molecular complexity index is 492. The van der Waals surface area contributed by atoms with Crippen molar-refractivity contribution in [1.29, 1.82) is 0 Å². The summed E-state index contributed by atoms with van der Waals surface area (Å²) in [5.41, 5.74) is 1.30. The highest BCUT2D eigenvalue weighted by molar-refractivity contribution is 5.94. The Hall–Kier alpha value is -2.14. The summed E-state index contributed by atoms with van der Waals surface area (Å²) in [6, 6.07) is 6.85. The van der Waals surface area contributed by atoms with Crippen LogP contribution >= 0.6 is 0 Å². The van der Waals surface area contributed by atoms with Gasteiger partial charge in [0.1, 0.15) is 0 Å². The van der Waals surface area contributed by atoms with E-state index in [0.29, 0.717) is 5.56 Å². The van der Waals surface area contributed by atoms with Gasteiger partial charge in [-0.2, -0.15) is 0 Å². The summed E-state index contributed by atoms with van der Waals surface area (Å²) < 4.78 is 0. The first-order valence-corrected chi connectivity index (χ1v) is 6.35. The molecular formula is C15H20N2O3. The zero-order chi connectivity index (χ0) is 15.1. The van der Waals surface area contributed by atoms with Crippen LogP contribution in [-0.4, -0.2) is 48.6 Å². The summed E-state index contributed by atoms with van der Waals surface area (Å²) in [5, 5.41) is 11.4. The Morgan fingerprint density at radius 1 is 1.30 bits per heavy atom. The zero-order valence-corrected chi connectivity index (χ0v) is 12.0. The average molecular weight is 276 g/mol. The van der Waals surface area contributed by atoms with Crippen LogP contribution in [0.25, 0.3) is 6.08 Å². The second-order valence-corrected chi connectivity index (χ2v) is 4.93. The van der Waals surface area contributed by atoms with Crippen LogP contribution in [0.2, 0.25) is 0 Å². The minimum atomic E-state index is -0.996. The maximum Gasteiger partial charge on any atom is 0.328 e. The molecule has 0 aromatic heterocycles. The summed E-state index contributed by atoms with van der Waals surface area (Å²) >= 11 is 0. The number of likely N-dealkylation sites (N-methyl/N-ethyl adjacent to an activating group) is 1. The van der Waals surface area contributed by atoms with Crippen molar-refractivity contribution in [2.45, 2.75) is 13.0 Å². The molecule has 0 saturated carbocycles. The van der Waals surface area contributed by atoms with E-state index in [1.54, 1.807) is 24.3 Å². The third-order valence-electron chi connectivity index (χ3n) is 2.61. The molecule has 1 amide bonds. The topological polar surface area (TPSA) is 69.6 Å². The van der Waals surface area contributed by atoms with E-state index in [-0.39, 0.29) is 11.9 Å². The number of aliphatic carboxylic acids is 1. The molecule has 0 fully saturated rings. The number of hydrogen-bond donors (Lipinski definition) is 2. The number of nitrogens with zero attached hydrogens (tertiary/aromatic N) is 1. The first kappa shape index (κ1) is 15.9. The summed E-state index contributed by atoms with van der Waals surface area (Å²) in [6.07, 6.45) is 2.55. The molecule has 1 rings (SSSR count). The van der Waals surface area contributed by atoms with E-state index in [0.717, 1.165) is 18.2 Å². The Balaban J connectivity index is 2.64. The Morgan fingerprint density at radius 2 is 1.90 bits per heavy atom. The van der Waals surface area contributed by atoms with Crippen LogP contribution < -0.4 is 5.32 Å². The summed E-state index contributed by atoms with van der Waals surface area (Å²) in [5.74, 6) is -1.13. The maximum atomic E-state index is 12.0. The molecule has 1 atom stereocenters. The van der Waals surface area contributed by atoms with Crippen molar-refractivity contribution >= 4 is 18.0 Å². The van der Waals surface area contributed by atoms with Crippen LogP contribution in [-0.2, 0) is 4.79 Å². The third-order valence-corrected chi connectivity index (χ3v) is 2.61. The molecule has 0 heterocycles. The van der Waals surface area contributed by atoms with Gasteiger partial charge in [-0.25, -0.2) is 4.79 Å².